The summed E-state index contributed by atoms with van der Waals surface area (Å²) < 4.78 is 1.90. The number of aromatic nitrogens is 1. The Morgan fingerprint density at radius 3 is 2.42 bits per heavy atom. The molecule has 0 unspecified atom stereocenters. The molecular formula is C15H17N3O. The van der Waals surface area contributed by atoms with Gasteiger partial charge in [-0.25, -0.2) is 0 Å². The summed E-state index contributed by atoms with van der Waals surface area (Å²) >= 11 is 0. The van der Waals surface area contributed by atoms with E-state index in [1.807, 2.05) is 56.7 Å². The molecule has 0 bridgehead atoms. The summed E-state index contributed by atoms with van der Waals surface area (Å²) in [5.74, 6) is 0.232. The van der Waals surface area contributed by atoms with Crippen LogP contribution in [0.5, 0.6) is 0 Å². The van der Waals surface area contributed by atoms with Crippen molar-refractivity contribution in [2.75, 3.05) is 0 Å². The third kappa shape index (κ3) is 1.40. The van der Waals surface area contributed by atoms with Gasteiger partial charge in [0, 0.05) is 23.5 Å². The molecule has 98 valence electrons. The van der Waals surface area contributed by atoms with Crippen molar-refractivity contribution in [3.8, 4) is 0 Å². The molecule has 0 saturated carbocycles. The highest BCUT2D eigenvalue weighted by atomic mass is 16.2. The number of hydrogen-bond acceptors (Lipinski definition) is 2. The third-order valence-electron chi connectivity index (χ3n) is 3.64. The topological polar surface area (TPSA) is 49.1 Å². The number of aryl methyl sites for hydroxylation is 1. The second-order valence-electron chi connectivity index (χ2n) is 5.96. The van der Waals surface area contributed by atoms with Crippen LogP contribution in [0.25, 0.3) is 10.9 Å². The minimum atomic E-state index is -0.381. The Morgan fingerprint density at radius 2 is 1.79 bits per heavy atom. The molecule has 4 heteroatoms. The first kappa shape index (κ1) is 12.0. The van der Waals surface area contributed by atoms with Crippen molar-refractivity contribution in [3.05, 3.63) is 35.5 Å². The molecule has 0 spiro atoms. The van der Waals surface area contributed by atoms with Gasteiger partial charge in [0.25, 0.3) is 5.91 Å². The number of amidine groups is 1. The van der Waals surface area contributed by atoms with Gasteiger partial charge in [0.1, 0.15) is 11.5 Å². The average molecular weight is 255 g/mol. The molecule has 0 atom stereocenters. The molecule has 1 aliphatic rings. The van der Waals surface area contributed by atoms with E-state index in [4.69, 9.17) is 5.41 Å². The number of nitrogens with zero attached hydrogens (tertiary/aromatic N) is 2. The van der Waals surface area contributed by atoms with E-state index in [1.54, 1.807) is 4.90 Å². The zero-order valence-corrected chi connectivity index (χ0v) is 11.6. The van der Waals surface area contributed by atoms with E-state index in [1.165, 1.54) is 0 Å². The fourth-order valence-electron chi connectivity index (χ4n) is 2.84. The van der Waals surface area contributed by atoms with Crippen molar-refractivity contribution in [1.29, 1.82) is 5.41 Å². The van der Waals surface area contributed by atoms with E-state index < -0.39 is 0 Å². The smallest absolute Gasteiger partial charge is 0.277 e. The van der Waals surface area contributed by atoms with Crippen molar-refractivity contribution < 1.29 is 4.79 Å². The molecule has 1 aliphatic heterocycles. The van der Waals surface area contributed by atoms with Gasteiger partial charge in [-0.15, -0.1) is 0 Å². The number of benzene rings is 1. The molecule has 0 radical (unpaired) electrons. The maximum Gasteiger partial charge on any atom is 0.277 e. The summed E-state index contributed by atoms with van der Waals surface area (Å²) in [5, 5.41) is 9.34. The summed E-state index contributed by atoms with van der Waals surface area (Å²) in [6.45, 7) is 5.86. The van der Waals surface area contributed by atoms with E-state index in [-0.39, 0.29) is 11.4 Å². The van der Waals surface area contributed by atoms with Gasteiger partial charge < -0.3 is 4.57 Å². The van der Waals surface area contributed by atoms with E-state index in [2.05, 4.69) is 0 Å². The maximum atomic E-state index is 12.6. The van der Waals surface area contributed by atoms with Crippen molar-refractivity contribution in [2.45, 2.75) is 26.3 Å². The molecule has 1 aromatic heterocycles. The SMILES string of the molecule is Cn1c2c(c3ccccc31)C(=N)N(C(C)(C)C)C2=O. The van der Waals surface area contributed by atoms with Gasteiger partial charge in [0.05, 0.1) is 5.56 Å². The van der Waals surface area contributed by atoms with E-state index >= 15 is 0 Å². The number of para-hydroxylation sites is 1. The van der Waals surface area contributed by atoms with Crippen LogP contribution in [-0.2, 0) is 7.05 Å². The van der Waals surface area contributed by atoms with E-state index in [9.17, 15) is 4.79 Å². The molecule has 1 N–H and O–H groups in total. The van der Waals surface area contributed by atoms with Gasteiger partial charge in [0.15, 0.2) is 0 Å². The summed E-state index contributed by atoms with van der Waals surface area (Å²) in [7, 11) is 1.89. The van der Waals surface area contributed by atoms with Crippen LogP contribution in [0.4, 0.5) is 0 Å². The summed E-state index contributed by atoms with van der Waals surface area (Å²) in [6.07, 6.45) is 0. The normalized spacial score (nSPS) is 15.5. The average Bonchev–Trinajstić information content (AvgIpc) is 2.75. The zero-order valence-electron chi connectivity index (χ0n) is 11.6. The lowest BCUT2D eigenvalue weighted by atomic mass is 10.1. The quantitative estimate of drug-likeness (QED) is 0.773. The first-order chi connectivity index (χ1) is 8.84. The predicted octanol–water partition coefficient (Wildman–Crippen LogP) is 2.76. The molecule has 3 rings (SSSR count). The van der Waals surface area contributed by atoms with Gasteiger partial charge in [-0.05, 0) is 26.8 Å². The van der Waals surface area contributed by atoms with Gasteiger partial charge in [-0.1, -0.05) is 18.2 Å². The van der Waals surface area contributed by atoms with Crippen LogP contribution >= 0.6 is 0 Å². The molecule has 2 heterocycles. The second kappa shape index (κ2) is 3.47. The minimum Gasteiger partial charge on any atom is -0.339 e. The van der Waals surface area contributed by atoms with Crippen LogP contribution in [0.2, 0.25) is 0 Å². The van der Waals surface area contributed by atoms with Crippen molar-refractivity contribution in [1.82, 2.24) is 9.47 Å². The monoisotopic (exact) mass is 255 g/mol. The van der Waals surface area contributed by atoms with Crippen LogP contribution in [0.3, 0.4) is 0 Å². The lowest BCUT2D eigenvalue weighted by Crippen LogP contribution is -2.45. The Labute approximate surface area is 112 Å². The maximum absolute atomic E-state index is 12.6. The number of amides is 1. The molecule has 2 aromatic rings. The summed E-state index contributed by atoms with van der Waals surface area (Å²) in [6, 6.07) is 7.85. The molecule has 1 aromatic carbocycles. The summed E-state index contributed by atoms with van der Waals surface area (Å²) in [4.78, 5) is 14.2. The van der Waals surface area contributed by atoms with Gasteiger partial charge >= 0.3 is 0 Å². The van der Waals surface area contributed by atoms with Crippen LogP contribution in [0, 0.1) is 5.41 Å². The van der Waals surface area contributed by atoms with Crippen molar-refractivity contribution >= 4 is 22.6 Å². The largest absolute Gasteiger partial charge is 0.339 e. The predicted molar refractivity (Wildman–Crippen MR) is 75.7 cm³/mol. The second-order valence-corrected chi connectivity index (χ2v) is 5.96. The number of nitrogens with one attached hydrogen (secondary N) is 1. The van der Waals surface area contributed by atoms with Crippen LogP contribution in [0.1, 0.15) is 36.8 Å². The highest BCUT2D eigenvalue weighted by molar-refractivity contribution is 6.27. The number of fused-ring (bicyclic) bond motifs is 3. The van der Waals surface area contributed by atoms with Gasteiger partial charge in [-0.3, -0.25) is 15.1 Å². The fraction of sp³-hybridized carbons (Fsp3) is 0.333. The highest BCUT2D eigenvalue weighted by Crippen LogP contribution is 2.35. The molecule has 0 saturated heterocycles. The van der Waals surface area contributed by atoms with Crippen LogP contribution < -0.4 is 0 Å². The number of rotatable bonds is 0. The Balaban J connectivity index is 2.34. The Kier molecular flexibility index (Phi) is 2.18. The van der Waals surface area contributed by atoms with Crippen molar-refractivity contribution in [3.63, 3.8) is 0 Å². The molecule has 4 nitrogen and oxygen atoms in total. The highest BCUT2D eigenvalue weighted by Gasteiger charge is 2.42. The van der Waals surface area contributed by atoms with Crippen molar-refractivity contribution in [2.24, 2.45) is 7.05 Å². The lowest BCUT2D eigenvalue weighted by molar-refractivity contribution is 0.0757. The van der Waals surface area contributed by atoms with E-state index in [0.717, 1.165) is 16.5 Å². The molecule has 0 fully saturated rings. The zero-order chi connectivity index (χ0) is 13.9. The number of carbonyl (C=O) groups is 1. The Bertz CT molecular complexity index is 719. The lowest BCUT2D eigenvalue weighted by Gasteiger charge is -2.31. The number of hydrogen-bond donors (Lipinski definition) is 1. The van der Waals surface area contributed by atoms with Crippen LogP contribution in [-0.4, -0.2) is 26.7 Å². The fourth-order valence-corrected chi connectivity index (χ4v) is 2.84. The molecule has 19 heavy (non-hydrogen) atoms. The standard InChI is InChI=1S/C15H17N3O/c1-15(2,3)18-13(16)11-9-7-5-6-8-10(9)17(4)12(11)14(18)19/h5-8,16H,1-4H3. The van der Waals surface area contributed by atoms with Gasteiger partial charge in [0.2, 0.25) is 0 Å². The third-order valence-corrected chi connectivity index (χ3v) is 3.64. The first-order valence-corrected chi connectivity index (χ1v) is 6.35. The summed E-state index contributed by atoms with van der Waals surface area (Å²) in [5.41, 5.74) is 2.01. The molecular weight excluding hydrogens is 238 g/mol. The van der Waals surface area contributed by atoms with Crippen LogP contribution in [0.15, 0.2) is 24.3 Å². The molecule has 1 amide bonds. The first-order valence-electron chi connectivity index (χ1n) is 6.35. The minimum absolute atomic E-state index is 0.0776. The van der Waals surface area contributed by atoms with Gasteiger partial charge in [-0.2, -0.15) is 0 Å². The Morgan fingerprint density at radius 1 is 1.16 bits per heavy atom. The number of carbonyl (C=O) groups excluding carboxylic acids is 1. The van der Waals surface area contributed by atoms with E-state index in [0.29, 0.717) is 11.5 Å². The Hall–Kier alpha value is -2.10. The molecule has 0 aliphatic carbocycles.